The van der Waals surface area contributed by atoms with Crippen molar-refractivity contribution in [2.24, 2.45) is 0 Å². The molecule has 2 aromatic heterocycles. The monoisotopic (exact) mass is 628 g/mol. The minimum absolute atomic E-state index is 0.00395. The summed E-state index contributed by atoms with van der Waals surface area (Å²) in [6.07, 6.45) is 9.40. The van der Waals surface area contributed by atoms with Crippen LogP contribution in [0.2, 0.25) is 0 Å². The predicted molar refractivity (Wildman–Crippen MR) is 178 cm³/mol. The number of rotatable bonds is 12. The molecule has 0 unspecified atom stereocenters. The minimum atomic E-state index is -0.00395. The van der Waals surface area contributed by atoms with Crippen molar-refractivity contribution in [3.63, 3.8) is 0 Å². The van der Waals surface area contributed by atoms with E-state index in [0.29, 0.717) is 0 Å². The van der Waals surface area contributed by atoms with Gasteiger partial charge in [-0.25, -0.2) is 0 Å². The summed E-state index contributed by atoms with van der Waals surface area (Å²) < 4.78 is 6.44. The zero-order valence-corrected chi connectivity index (χ0v) is 28.3. The number of unbranched alkanes of at least 4 members (excludes halogenated alkanes) is 2. The van der Waals surface area contributed by atoms with E-state index in [1.165, 1.54) is 58.1 Å². The summed E-state index contributed by atoms with van der Waals surface area (Å²) in [5.41, 5.74) is 2.76. The van der Waals surface area contributed by atoms with Crippen molar-refractivity contribution < 1.29 is 0 Å². The first-order valence-corrected chi connectivity index (χ1v) is 18.2. The van der Waals surface area contributed by atoms with Gasteiger partial charge in [0.25, 0.3) is 0 Å². The first-order chi connectivity index (χ1) is 17.5. The molecule has 0 radical (unpaired) electrons. The lowest BCUT2D eigenvalue weighted by atomic mass is 9.96. The largest absolute Gasteiger partial charge is 0.322 e. The Morgan fingerprint density at radius 1 is 0.757 bits per heavy atom. The molecule has 0 spiro atoms. The lowest BCUT2D eigenvalue weighted by Crippen LogP contribution is -2.29. The van der Waals surface area contributed by atoms with Gasteiger partial charge in [0.15, 0.2) is 0 Å². The van der Waals surface area contributed by atoms with Crippen LogP contribution < -0.4 is 0 Å². The Morgan fingerprint density at radius 2 is 1.16 bits per heavy atom. The minimum Gasteiger partial charge on any atom is -0.322 e. The fraction of sp³-hybridized carbons (Fsp3) is 0.643. The van der Waals surface area contributed by atoms with Gasteiger partial charge in [-0.1, -0.05) is 37.3 Å². The maximum Gasteiger partial charge on any atom is 0.108 e. The third kappa shape index (κ3) is 7.05. The molecule has 2 aromatic rings. The van der Waals surface area contributed by atoms with Gasteiger partial charge in [-0.2, -0.15) is 11.8 Å². The summed E-state index contributed by atoms with van der Waals surface area (Å²) in [5, 5.41) is 2.17. The number of aromatic nitrogens is 2. The van der Waals surface area contributed by atoms with Gasteiger partial charge in [-0.05, 0) is 101 Å². The Kier molecular flexibility index (Phi) is 10.7. The highest BCUT2D eigenvalue weighted by Gasteiger charge is 2.27. The van der Waals surface area contributed by atoms with Gasteiger partial charge < -0.3 is 9.13 Å². The molecule has 0 bridgehead atoms. The molecule has 204 valence electrons. The number of pyridine rings is 2. The summed E-state index contributed by atoms with van der Waals surface area (Å²) in [4.78, 5) is 2.67. The Labute approximate surface area is 257 Å². The molecule has 0 saturated heterocycles. The van der Waals surface area contributed by atoms with Crippen LogP contribution in [-0.2, 0) is 23.9 Å². The van der Waals surface area contributed by atoms with Crippen LogP contribution >= 0.6 is 85.0 Å². The summed E-state index contributed by atoms with van der Waals surface area (Å²) in [6, 6.07) is 4.38. The molecule has 2 nitrogen and oxygen atoms in total. The maximum absolute atomic E-state index is 5.77. The van der Waals surface area contributed by atoms with Crippen LogP contribution in [0.3, 0.4) is 0 Å². The molecule has 0 aliphatic carbocycles. The summed E-state index contributed by atoms with van der Waals surface area (Å²) in [5.74, 6) is 4.75. The van der Waals surface area contributed by atoms with Gasteiger partial charge >= 0.3 is 0 Å². The second-order valence-corrected chi connectivity index (χ2v) is 16.5. The molecule has 0 atom stereocenters. The van der Waals surface area contributed by atoms with E-state index in [2.05, 4.69) is 60.7 Å². The molecule has 2 aliphatic rings. The quantitative estimate of drug-likeness (QED) is 0.137. The van der Waals surface area contributed by atoms with Gasteiger partial charge in [0.2, 0.25) is 0 Å². The highest BCUT2D eigenvalue weighted by atomic mass is 32.2. The Hall–Kier alpha value is 0.490. The standard InChI is InChI=1S/C28H40N2S7/c1-27(2,29-23(31)17-21-19(25(29)33)9-15-36-21)11-5-7-13-35-14-8-6-12-28(3,4)30-24(32)18-22-20(26(30)34)10-16-37-22/h17-18,33-34H,5-16H2,1-4H3. The first kappa shape index (κ1) is 30.4. The van der Waals surface area contributed by atoms with Crippen LogP contribution in [0.4, 0.5) is 0 Å². The molecule has 9 heteroatoms. The van der Waals surface area contributed by atoms with Crippen molar-refractivity contribution in [3.8, 4) is 0 Å². The molecule has 0 amide bonds. The van der Waals surface area contributed by atoms with Crippen LogP contribution in [0.15, 0.2) is 32.0 Å². The number of thiol groups is 2. The maximum atomic E-state index is 5.77. The Bertz CT molecular complexity index is 1150. The normalized spacial score (nSPS) is 15.3. The van der Waals surface area contributed by atoms with Crippen LogP contribution in [0.25, 0.3) is 0 Å². The number of fused-ring (bicyclic) bond motifs is 2. The predicted octanol–water partition coefficient (Wildman–Crippen LogP) is 9.87. The molecule has 4 rings (SSSR count). The molecule has 0 saturated carbocycles. The van der Waals surface area contributed by atoms with E-state index in [-0.39, 0.29) is 11.1 Å². The average Bonchev–Trinajstić information content (AvgIpc) is 3.47. The van der Waals surface area contributed by atoms with Gasteiger partial charge in [0.1, 0.15) is 9.28 Å². The molecule has 37 heavy (non-hydrogen) atoms. The molecule has 2 aliphatic heterocycles. The van der Waals surface area contributed by atoms with Gasteiger partial charge in [0.05, 0.1) is 10.1 Å². The molecule has 0 N–H and O–H groups in total. The topological polar surface area (TPSA) is 9.86 Å². The van der Waals surface area contributed by atoms with Crippen LogP contribution in [0.5, 0.6) is 0 Å². The summed E-state index contributed by atoms with van der Waals surface area (Å²) in [7, 11) is 0. The van der Waals surface area contributed by atoms with E-state index < -0.39 is 0 Å². The second-order valence-electron chi connectivity index (χ2n) is 11.3. The smallest absolute Gasteiger partial charge is 0.108 e. The fourth-order valence-electron chi connectivity index (χ4n) is 5.50. The van der Waals surface area contributed by atoms with Crippen molar-refractivity contribution in [2.45, 2.75) is 110 Å². The lowest BCUT2D eigenvalue weighted by molar-refractivity contribution is 0.290. The van der Waals surface area contributed by atoms with Crippen molar-refractivity contribution in [2.75, 3.05) is 23.0 Å². The average molecular weight is 629 g/mol. The van der Waals surface area contributed by atoms with Crippen molar-refractivity contribution >= 4 is 85.0 Å². The first-order valence-electron chi connectivity index (χ1n) is 13.3. The van der Waals surface area contributed by atoms with Crippen molar-refractivity contribution in [3.05, 3.63) is 32.5 Å². The van der Waals surface area contributed by atoms with E-state index in [4.69, 9.17) is 49.7 Å². The number of nitrogens with zero attached hydrogens (tertiary/aromatic N) is 2. The lowest BCUT2D eigenvalue weighted by Gasteiger charge is -2.31. The molecular formula is C28H40N2S7. The van der Waals surface area contributed by atoms with E-state index in [1.54, 1.807) is 0 Å². The zero-order chi connectivity index (χ0) is 26.8. The highest BCUT2D eigenvalue weighted by molar-refractivity contribution is 8.00. The third-order valence-electron chi connectivity index (χ3n) is 7.59. The molecular weight excluding hydrogens is 589 g/mol. The summed E-state index contributed by atoms with van der Waals surface area (Å²) >= 11 is 27.3. The number of thioether (sulfide) groups is 3. The SMILES string of the molecule is CC(C)(CCCCSCCCCC(C)(C)n1c(S)c2c(cc1=S)SCC2)n1c(S)c2c(cc1=S)SCC2. The van der Waals surface area contributed by atoms with Gasteiger partial charge in [0, 0.05) is 32.4 Å². The van der Waals surface area contributed by atoms with Gasteiger partial charge in [-0.3, -0.25) is 0 Å². The van der Waals surface area contributed by atoms with E-state index in [0.717, 1.165) is 56.5 Å². The Balaban J connectivity index is 1.17. The van der Waals surface area contributed by atoms with E-state index in [1.807, 2.05) is 23.5 Å². The number of hydrogen-bond acceptors (Lipinski definition) is 7. The molecule has 4 heterocycles. The van der Waals surface area contributed by atoms with Crippen molar-refractivity contribution in [1.29, 1.82) is 0 Å². The summed E-state index contributed by atoms with van der Waals surface area (Å²) in [6.45, 7) is 9.25. The number of hydrogen-bond donors (Lipinski definition) is 2. The van der Waals surface area contributed by atoms with Crippen LogP contribution in [-0.4, -0.2) is 32.1 Å². The van der Waals surface area contributed by atoms with E-state index >= 15 is 0 Å². The van der Waals surface area contributed by atoms with Crippen molar-refractivity contribution in [1.82, 2.24) is 9.13 Å². The highest BCUT2D eigenvalue weighted by Crippen LogP contribution is 2.40. The fourth-order valence-corrected chi connectivity index (χ4v) is 11.3. The third-order valence-corrected chi connectivity index (χ3v) is 12.5. The zero-order valence-electron chi connectivity index (χ0n) is 22.5. The molecule has 0 aromatic carbocycles. The van der Waals surface area contributed by atoms with E-state index in [9.17, 15) is 0 Å². The molecule has 0 fully saturated rings. The van der Waals surface area contributed by atoms with Gasteiger partial charge in [-0.15, -0.1) is 48.8 Å². The van der Waals surface area contributed by atoms with Crippen LogP contribution in [0.1, 0.15) is 77.3 Å². The Morgan fingerprint density at radius 3 is 1.57 bits per heavy atom. The van der Waals surface area contributed by atoms with Crippen LogP contribution in [0, 0.1) is 9.28 Å². The second kappa shape index (κ2) is 13.0.